The number of aldehydes is 1. The molecule has 0 N–H and O–H groups in total. The van der Waals surface area contributed by atoms with Gasteiger partial charge in [-0.05, 0) is 18.1 Å². The largest absolute Gasteiger partial charge is 0.312 e. The van der Waals surface area contributed by atoms with Crippen molar-refractivity contribution in [2.24, 2.45) is 0 Å². The van der Waals surface area contributed by atoms with Gasteiger partial charge in [-0.1, -0.05) is 31.2 Å². The number of aryl methyl sites for hydroxylation is 1. The van der Waals surface area contributed by atoms with E-state index in [-0.39, 0.29) is 11.3 Å². The first-order valence-corrected chi connectivity index (χ1v) is 6.85. The van der Waals surface area contributed by atoms with E-state index in [4.69, 9.17) is 0 Å². The molecule has 3 rings (SSSR count). The van der Waals surface area contributed by atoms with E-state index in [1.807, 2.05) is 24.3 Å². The van der Waals surface area contributed by atoms with Gasteiger partial charge >= 0.3 is 5.69 Å². The third-order valence-corrected chi connectivity index (χ3v) is 3.61. The number of carbonyl (C=O) groups excluding carboxylic acids is 1. The van der Waals surface area contributed by atoms with Crippen LogP contribution in [0.25, 0.3) is 16.9 Å². The number of benzene rings is 1. The average Bonchev–Trinajstić information content (AvgIpc) is 2.93. The summed E-state index contributed by atoms with van der Waals surface area (Å²) in [5, 5.41) is 11.1. The first kappa shape index (κ1) is 13.9. The predicted octanol–water partition coefficient (Wildman–Crippen LogP) is 3.28. The maximum Gasteiger partial charge on any atom is 0.312 e. The second-order valence-corrected chi connectivity index (χ2v) is 4.86. The summed E-state index contributed by atoms with van der Waals surface area (Å²) in [5.74, 6) is 0. The van der Waals surface area contributed by atoms with Gasteiger partial charge in [-0.15, -0.1) is 0 Å². The molecule has 0 aliphatic rings. The number of pyridine rings is 1. The van der Waals surface area contributed by atoms with Crippen molar-refractivity contribution >= 4 is 17.6 Å². The minimum Gasteiger partial charge on any atom is -0.296 e. The van der Waals surface area contributed by atoms with Crippen LogP contribution in [0.2, 0.25) is 0 Å². The van der Waals surface area contributed by atoms with Crippen LogP contribution in [0.3, 0.4) is 0 Å². The van der Waals surface area contributed by atoms with Gasteiger partial charge < -0.3 is 0 Å². The van der Waals surface area contributed by atoms with Gasteiger partial charge in [-0.2, -0.15) is 0 Å². The van der Waals surface area contributed by atoms with E-state index in [0.717, 1.165) is 12.0 Å². The van der Waals surface area contributed by atoms with Gasteiger partial charge in [0.1, 0.15) is 11.4 Å². The van der Waals surface area contributed by atoms with E-state index in [9.17, 15) is 14.9 Å². The highest BCUT2D eigenvalue weighted by Gasteiger charge is 2.20. The molecule has 0 radical (unpaired) electrons. The molecule has 2 aromatic heterocycles. The summed E-state index contributed by atoms with van der Waals surface area (Å²) < 4.78 is 1.45. The Kier molecular flexibility index (Phi) is 3.42. The van der Waals surface area contributed by atoms with E-state index in [2.05, 4.69) is 11.9 Å². The molecule has 6 heteroatoms. The van der Waals surface area contributed by atoms with Crippen molar-refractivity contribution in [2.75, 3.05) is 0 Å². The third kappa shape index (κ3) is 2.14. The molecule has 0 unspecified atom stereocenters. The molecule has 1 aromatic carbocycles. The Morgan fingerprint density at radius 3 is 2.59 bits per heavy atom. The molecule has 0 spiro atoms. The van der Waals surface area contributed by atoms with Crippen molar-refractivity contribution in [3.63, 3.8) is 0 Å². The molecule has 0 bridgehead atoms. The van der Waals surface area contributed by atoms with Crippen LogP contribution in [0, 0.1) is 10.1 Å². The zero-order chi connectivity index (χ0) is 15.7. The van der Waals surface area contributed by atoms with Gasteiger partial charge in [0, 0.05) is 17.8 Å². The van der Waals surface area contributed by atoms with Crippen LogP contribution in [0.1, 0.15) is 23.0 Å². The Morgan fingerprint density at radius 1 is 1.27 bits per heavy atom. The van der Waals surface area contributed by atoms with Crippen LogP contribution in [-0.4, -0.2) is 20.6 Å². The predicted molar refractivity (Wildman–Crippen MR) is 82.0 cm³/mol. The summed E-state index contributed by atoms with van der Waals surface area (Å²) in [4.78, 5) is 26.4. The maximum atomic E-state index is 11.4. The lowest BCUT2D eigenvalue weighted by Crippen LogP contribution is -1.95. The molecule has 0 amide bonds. The third-order valence-electron chi connectivity index (χ3n) is 3.61. The Balaban J connectivity index is 2.26. The van der Waals surface area contributed by atoms with Crippen molar-refractivity contribution in [3.05, 3.63) is 64.0 Å². The minimum absolute atomic E-state index is 0.123. The number of fused-ring (bicyclic) bond motifs is 1. The van der Waals surface area contributed by atoms with Crippen LogP contribution in [0.15, 0.2) is 42.6 Å². The maximum absolute atomic E-state index is 11.4. The molecule has 110 valence electrons. The van der Waals surface area contributed by atoms with Gasteiger partial charge in [-0.25, -0.2) is 4.98 Å². The standard InChI is InChI=1S/C16H13N3O3/c1-2-11-5-7-12(8-6-11)15-14(10-20)18-9-3-4-13(19(21)22)16(18)17-15/h3-10H,2H2,1H3. The van der Waals surface area contributed by atoms with E-state index in [1.165, 1.54) is 22.1 Å². The van der Waals surface area contributed by atoms with Crippen molar-refractivity contribution in [3.8, 4) is 11.3 Å². The molecule has 2 heterocycles. The van der Waals surface area contributed by atoms with E-state index in [1.54, 1.807) is 6.20 Å². The van der Waals surface area contributed by atoms with E-state index >= 15 is 0 Å². The fourth-order valence-corrected chi connectivity index (χ4v) is 2.44. The fourth-order valence-electron chi connectivity index (χ4n) is 2.44. The van der Waals surface area contributed by atoms with Gasteiger partial charge in [0.05, 0.1) is 4.92 Å². The summed E-state index contributed by atoms with van der Waals surface area (Å²) in [6.45, 7) is 2.06. The Hall–Kier alpha value is -3.02. The molecular formula is C16H13N3O3. The molecular weight excluding hydrogens is 282 g/mol. The lowest BCUT2D eigenvalue weighted by atomic mass is 10.1. The Labute approximate surface area is 126 Å². The summed E-state index contributed by atoms with van der Waals surface area (Å²) in [6, 6.07) is 10.6. The Bertz CT molecular complexity index is 866. The highest BCUT2D eigenvalue weighted by Crippen LogP contribution is 2.27. The van der Waals surface area contributed by atoms with Crippen LogP contribution < -0.4 is 0 Å². The first-order chi connectivity index (χ1) is 10.7. The van der Waals surface area contributed by atoms with E-state index in [0.29, 0.717) is 17.7 Å². The monoisotopic (exact) mass is 295 g/mol. The van der Waals surface area contributed by atoms with Crippen LogP contribution in [0.4, 0.5) is 5.69 Å². The quantitative estimate of drug-likeness (QED) is 0.420. The number of nitrogens with zero attached hydrogens (tertiary/aromatic N) is 3. The van der Waals surface area contributed by atoms with E-state index < -0.39 is 4.92 Å². The van der Waals surface area contributed by atoms with Crippen molar-refractivity contribution in [1.82, 2.24) is 9.38 Å². The van der Waals surface area contributed by atoms with Crippen molar-refractivity contribution < 1.29 is 9.72 Å². The summed E-state index contributed by atoms with van der Waals surface area (Å²) in [5.41, 5.74) is 2.74. The van der Waals surface area contributed by atoms with Crippen LogP contribution in [-0.2, 0) is 6.42 Å². The van der Waals surface area contributed by atoms with Crippen molar-refractivity contribution in [1.29, 1.82) is 0 Å². The lowest BCUT2D eigenvalue weighted by Gasteiger charge is -2.00. The fraction of sp³-hybridized carbons (Fsp3) is 0.125. The second-order valence-electron chi connectivity index (χ2n) is 4.86. The minimum atomic E-state index is -0.499. The number of hydrogen-bond donors (Lipinski definition) is 0. The normalized spacial score (nSPS) is 10.8. The average molecular weight is 295 g/mol. The summed E-state index contributed by atoms with van der Waals surface area (Å²) >= 11 is 0. The molecule has 6 nitrogen and oxygen atoms in total. The van der Waals surface area contributed by atoms with Gasteiger partial charge in [0.2, 0.25) is 5.65 Å². The Morgan fingerprint density at radius 2 is 2.00 bits per heavy atom. The summed E-state index contributed by atoms with van der Waals surface area (Å²) in [6.07, 6.45) is 3.19. The highest BCUT2D eigenvalue weighted by atomic mass is 16.6. The number of aromatic nitrogens is 2. The zero-order valence-electron chi connectivity index (χ0n) is 11.9. The molecule has 0 saturated heterocycles. The highest BCUT2D eigenvalue weighted by molar-refractivity contribution is 5.87. The van der Waals surface area contributed by atoms with Crippen molar-refractivity contribution in [2.45, 2.75) is 13.3 Å². The van der Waals surface area contributed by atoms with Gasteiger partial charge in [-0.3, -0.25) is 19.3 Å². The lowest BCUT2D eigenvalue weighted by molar-refractivity contribution is -0.383. The molecule has 0 atom stereocenters. The second kappa shape index (κ2) is 5.40. The number of carbonyl (C=O) groups is 1. The summed E-state index contributed by atoms with van der Waals surface area (Å²) in [7, 11) is 0. The molecule has 0 aliphatic carbocycles. The molecule has 22 heavy (non-hydrogen) atoms. The number of imidazole rings is 1. The molecule has 0 aliphatic heterocycles. The first-order valence-electron chi connectivity index (χ1n) is 6.85. The topological polar surface area (TPSA) is 77.5 Å². The van der Waals surface area contributed by atoms with Crippen LogP contribution >= 0.6 is 0 Å². The SMILES string of the molecule is CCc1ccc(-c2nc3c([N+](=O)[O-])cccn3c2C=O)cc1. The van der Waals surface area contributed by atoms with Gasteiger partial charge in [0.25, 0.3) is 0 Å². The van der Waals surface area contributed by atoms with Crippen LogP contribution in [0.5, 0.6) is 0 Å². The smallest absolute Gasteiger partial charge is 0.296 e. The number of rotatable bonds is 4. The zero-order valence-corrected chi connectivity index (χ0v) is 11.9. The molecule has 3 aromatic rings. The molecule has 0 fully saturated rings. The molecule has 0 saturated carbocycles. The van der Waals surface area contributed by atoms with Gasteiger partial charge in [0.15, 0.2) is 6.29 Å². The number of hydrogen-bond acceptors (Lipinski definition) is 4. The number of nitro groups is 1.